The lowest BCUT2D eigenvalue weighted by Crippen LogP contribution is -2.31. The number of carbonyl (C=O) groups excluding carboxylic acids is 3. The van der Waals surface area contributed by atoms with Crippen LogP contribution in [0.25, 0.3) is 17.1 Å². The third-order valence-electron chi connectivity index (χ3n) is 6.65. The number of amides is 4. The second kappa shape index (κ2) is 13.4. The zero-order valence-corrected chi connectivity index (χ0v) is 25.6. The third-order valence-corrected chi connectivity index (χ3v) is 7.57. The van der Waals surface area contributed by atoms with Gasteiger partial charge in [0.15, 0.2) is 11.0 Å². The highest BCUT2D eigenvalue weighted by Crippen LogP contribution is 2.33. The highest BCUT2D eigenvalue weighted by Gasteiger charge is 2.32. The first-order chi connectivity index (χ1) is 21.9. The SMILES string of the molecule is CCC(=O)Nc1nc(-c2ccc(NC(=O)N=C3SCC(=O)N3c3ccccc3C(C)C)cc2)nn1-c1ccc(OC(F)(F)F)cc1. The van der Waals surface area contributed by atoms with Crippen LogP contribution in [0.15, 0.2) is 77.8 Å². The lowest BCUT2D eigenvalue weighted by molar-refractivity contribution is -0.274. The Labute approximate surface area is 265 Å². The highest BCUT2D eigenvalue weighted by atomic mass is 32.2. The van der Waals surface area contributed by atoms with Crippen molar-refractivity contribution in [3.05, 3.63) is 78.4 Å². The van der Waals surface area contributed by atoms with Crippen LogP contribution in [0, 0.1) is 0 Å². The van der Waals surface area contributed by atoms with Crippen LogP contribution >= 0.6 is 11.8 Å². The molecule has 2 N–H and O–H groups in total. The quantitative estimate of drug-likeness (QED) is 0.210. The van der Waals surface area contributed by atoms with Crippen LogP contribution in [0.4, 0.5) is 35.3 Å². The summed E-state index contributed by atoms with van der Waals surface area (Å²) in [4.78, 5) is 47.8. The zero-order chi connectivity index (χ0) is 33.0. The number of aliphatic imine (C=N–C) groups is 1. The number of anilines is 3. The summed E-state index contributed by atoms with van der Waals surface area (Å²) in [5.41, 5.74) is 2.93. The Hall–Kier alpha value is -5.18. The number of alkyl halides is 3. The number of hydrogen-bond acceptors (Lipinski definition) is 7. The van der Waals surface area contributed by atoms with Gasteiger partial charge in [-0.3, -0.25) is 19.8 Å². The molecule has 0 unspecified atom stereocenters. The van der Waals surface area contributed by atoms with Gasteiger partial charge in [-0.2, -0.15) is 14.7 Å². The number of ether oxygens (including phenoxy) is 1. The maximum Gasteiger partial charge on any atom is 0.573 e. The maximum atomic E-state index is 12.9. The molecule has 0 spiro atoms. The lowest BCUT2D eigenvalue weighted by Gasteiger charge is -2.21. The van der Waals surface area contributed by atoms with E-state index in [2.05, 4.69) is 30.4 Å². The van der Waals surface area contributed by atoms with Crippen molar-refractivity contribution in [1.29, 1.82) is 0 Å². The Bertz CT molecular complexity index is 1790. The van der Waals surface area contributed by atoms with Gasteiger partial charge >= 0.3 is 12.4 Å². The first-order valence-electron chi connectivity index (χ1n) is 14.1. The van der Waals surface area contributed by atoms with Gasteiger partial charge < -0.3 is 10.1 Å². The number of benzene rings is 3. The molecule has 4 amide bonds. The van der Waals surface area contributed by atoms with E-state index >= 15 is 0 Å². The number of halogens is 3. The van der Waals surface area contributed by atoms with Gasteiger partial charge in [-0.25, -0.2) is 4.79 Å². The van der Waals surface area contributed by atoms with Crippen LogP contribution in [0.5, 0.6) is 5.75 Å². The minimum atomic E-state index is -4.84. The van der Waals surface area contributed by atoms with Gasteiger partial charge in [0.05, 0.1) is 17.1 Å². The summed E-state index contributed by atoms with van der Waals surface area (Å²) in [6.45, 7) is 5.70. The van der Waals surface area contributed by atoms with E-state index in [1.165, 1.54) is 33.5 Å². The standard InChI is InChI=1S/C31H28F3N7O4S/c1-4-25(42)36-28-37-27(39-41(28)21-13-15-22(16-14-21)45-31(32,33)34)19-9-11-20(12-10-19)35-29(44)38-30-40(26(43)17-46-30)24-8-6-5-7-23(24)18(2)3/h5-16,18H,4,17H2,1-3H3,(H,35,44)(H,36,37,39,42). The molecule has 1 aromatic heterocycles. The van der Waals surface area contributed by atoms with Gasteiger partial charge in [0.1, 0.15) is 5.75 Å². The van der Waals surface area contributed by atoms with E-state index in [0.717, 1.165) is 17.7 Å². The molecular weight excluding hydrogens is 623 g/mol. The smallest absolute Gasteiger partial charge is 0.406 e. The number of para-hydroxylation sites is 1. The second-order valence-electron chi connectivity index (χ2n) is 10.2. The van der Waals surface area contributed by atoms with Crippen LogP contribution < -0.4 is 20.3 Å². The summed E-state index contributed by atoms with van der Waals surface area (Å²) in [7, 11) is 0. The third kappa shape index (κ3) is 7.54. The Morgan fingerprint density at radius 2 is 1.72 bits per heavy atom. The van der Waals surface area contributed by atoms with Crippen LogP contribution in [-0.2, 0) is 9.59 Å². The van der Waals surface area contributed by atoms with Crippen LogP contribution in [0.1, 0.15) is 38.7 Å². The molecule has 3 aromatic carbocycles. The van der Waals surface area contributed by atoms with Crippen molar-refractivity contribution in [2.75, 3.05) is 21.3 Å². The summed E-state index contributed by atoms with van der Waals surface area (Å²) in [5.74, 6) is -0.330. The van der Waals surface area contributed by atoms with Gasteiger partial charge in [0, 0.05) is 17.7 Å². The number of aromatic nitrogens is 3. The summed E-state index contributed by atoms with van der Waals surface area (Å²) in [6, 6.07) is 18.3. The van der Waals surface area contributed by atoms with Crippen LogP contribution in [0.2, 0.25) is 0 Å². The van der Waals surface area contributed by atoms with Crippen molar-refractivity contribution < 1.29 is 32.3 Å². The molecular formula is C31H28F3N7O4S. The zero-order valence-electron chi connectivity index (χ0n) is 24.8. The van der Waals surface area contributed by atoms with E-state index < -0.39 is 18.1 Å². The van der Waals surface area contributed by atoms with Gasteiger partial charge in [-0.1, -0.05) is 50.7 Å². The lowest BCUT2D eigenvalue weighted by atomic mass is 10.0. The Morgan fingerprint density at radius 1 is 1.02 bits per heavy atom. The fourth-order valence-electron chi connectivity index (χ4n) is 4.50. The number of nitrogens with zero attached hydrogens (tertiary/aromatic N) is 5. The predicted molar refractivity (Wildman–Crippen MR) is 169 cm³/mol. The van der Waals surface area contributed by atoms with Gasteiger partial charge in [-0.15, -0.1) is 18.3 Å². The maximum absolute atomic E-state index is 12.9. The Kier molecular flexibility index (Phi) is 9.41. The molecule has 0 aliphatic carbocycles. The molecule has 0 saturated carbocycles. The van der Waals surface area contributed by atoms with Crippen molar-refractivity contribution in [3.8, 4) is 22.8 Å². The first kappa shape index (κ1) is 32.2. The monoisotopic (exact) mass is 651 g/mol. The summed E-state index contributed by atoms with van der Waals surface area (Å²) >= 11 is 1.18. The van der Waals surface area contributed by atoms with E-state index in [9.17, 15) is 27.6 Å². The van der Waals surface area contributed by atoms with Crippen molar-refractivity contribution in [1.82, 2.24) is 14.8 Å². The molecule has 0 atom stereocenters. The van der Waals surface area contributed by atoms with E-state index in [0.29, 0.717) is 22.6 Å². The summed E-state index contributed by atoms with van der Waals surface area (Å²) < 4.78 is 43.0. The van der Waals surface area contributed by atoms with Gasteiger partial charge in [0.25, 0.3) is 0 Å². The van der Waals surface area contributed by atoms with Crippen molar-refractivity contribution in [2.24, 2.45) is 4.99 Å². The molecule has 1 aliphatic heterocycles. The molecule has 0 radical (unpaired) electrons. The van der Waals surface area contributed by atoms with Crippen molar-refractivity contribution >= 4 is 52.1 Å². The second-order valence-corrected chi connectivity index (χ2v) is 11.2. The Balaban J connectivity index is 1.34. The van der Waals surface area contributed by atoms with Gasteiger partial charge in [0.2, 0.25) is 17.8 Å². The number of carbonyl (C=O) groups is 3. The van der Waals surface area contributed by atoms with E-state index in [4.69, 9.17) is 0 Å². The van der Waals surface area contributed by atoms with E-state index in [1.54, 1.807) is 31.2 Å². The molecule has 5 rings (SSSR count). The molecule has 2 heterocycles. The van der Waals surface area contributed by atoms with Crippen molar-refractivity contribution in [3.63, 3.8) is 0 Å². The average Bonchev–Trinajstić information content (AvgIpc) is 3.59. The highest BCUT2D eigenvalue weighted by molar-refractivity contribution is 8.15. The van der Waals surface area contributed by atoms with E-state index in [-0.39, 0.29) is 46.8 Å². The number of thioether (sulfide) groups is 1. The summed E-state index contributed by atoms with van der Waals surface area (Å²) in [5, 5.41) is 10.1. The topological polar surface area (TPSA) is 131 Å². The molecule has 4 aromatic rings. The minimum Gasteiger partial charge on any atom is -0.406 e. The molecule has 11 nitrogen and oxygen atoms in total. The molecule has 1 fully saturated rings. The number of urea groups is 1. The predicted octanol–water partition coefficient (Wildman–Crippen LogP) is 6.97. The van der Waals surface area contributed by atoms with Crippen LogP contribution in [-0.4, -0.2) is 49.9 Å². The van der Waals surface area contributed by atoms with Crippen LogP contribution in [0.3, 0.4) is 0 Å². The minimum absolute atomic E-state index is 0.0618. The number of amidine groups is 1. The fraction of sp³-hybridized carbons (Fsp3) is 0.226. The van der Waals surface area contributed by atoms with Crippen molar-refractivity contribution in [2.45, 2.75) is 39.5 Å². The fourth-order valence-corrected chi connectivity index (χ4v) is 5.36. The number of hydrogen-bond donors (Lipinski definition) is 2. The Morgan fingerprint density at radius 3 is 2.37 bits per heavy atom. The largest absolute Gasteiger partial charge is 0.573 e. The molecule has 1 aliphatic rings. The average molecular weight is 652 g/mol. The normalized spacial score (nSPS) is 14.2. The molecule has 15 heteroatoms. The number of rotatable bonds is 8. The number of nitrogens with one attached hydrogen (secondary N) is 2. The molecule has 46 heavy (non-hydrogen) atoms. The molecule has 1 saturated heterocycles. The molecule has 238 valence electrons. The molecule has 0 bridgehead atoms. The first-order valence-corrected chi connectivity index (χ1v) is 15.1. The van der Waals surface area contributed by atoms with Gasteiger partial charge in [-0.05, 0) is 66.1 Å². The summed E-state index contributed by atoms with van der Waals surface area (Å²) in [6.07, 6.45) is -4.68. The van der Waals surface area contributed by atoms with E-state index in [1.807, 2.05) is 38.1 Å².